The average Bonchev–Trinajstić information content (AvgIpc) is 2.76. The van der Waals surface area contributed by atoms with Crippen molar-refractivity contribution in [2.75, 3.05) is 11.3 Å². The number of benzene rings is 2. The summed E-state index contributed by atoms with van der Waals surface area (Å²) in [5, 5.41) is 3.77. The number of nitrogens with one attached hydrogen (secondary N) is 1. The lowest BCUT2D eigenvalue weighted by Crippen LogP contribution is -2.27. The van der Waals surface area contributed by atoms with Gasteiger partial charge < -0.3 is 4.90 Å². The highest BCUT2D eigenvalue weighted by atomic mass is 35.5. The predicted octanol–water partition coefficient (Wildman–Crippen LogP) is 3.71. The molecule has 11 heteroatoms. The number of amides is 1. The minimum atomic E-state index is -3.89. The van der Waals surface area contributed by atoms with Crippen LogP contribution in [0.4, 0.5) is 5.69 Å². The Bertz CT molecular complexity index is 1310. The van der Waals surface area contributed by atoms with E-state index in [2.05, 4.69) is 9.82 Å². The molecular weight excluding hydrogens is 475 g/mol. The van der Waals surface area contributed by atoms with E-state index in [0.29, 0.717) is 24.5 Å². The van der Waals surface area contributed by atoms with Gasteiger partial charge in [0.2, 0.25) is 5.91 Å². The quantitative estimate of drug-likeness (QED) is 0.539. The summed E-state index contributed by atoms with van der Waals surface area (Å²) in [6.45, 7) is 4.29. The highest BCUT2D eigenvalue weighted by Crippen LogP contribution is 2.20. The minimum absolute atomic E-state index is 0.00122. The number of rotatable bonds is 7. The summed E-state index contributed by atoms with van der Waals surface area (Å²) in [6, 6.07) is 12.4. The van der Waals surface area contributed by atoms with E-state index in [0.717, 1.165) is 10.2 Å². The number of nitrogens with zero attached hydrogens (tertiary/aromatic N) is 3. The second-order valence-corrected chi connectivity index (χ2v) is 9.32. The smallest absolute Gasteiger partial charge is 0.291 e. The molecule has 1 N–H and O–H groups in total. The molecule has 3 aromatic rings. The third-order valence-corrected chi connectivity index (χ3v) is 6.79. The zero-order valence-electron chi connectivity index (χ0n) is 17.2. The van der Waals surface area contributed by atoms with Crippen LogP contribution < -0.4 is 10.3 Å². The van der Waals surface area contributed by atoms with Crippen molar-refractivity contribution in [3.8, 4) is 5.69 Å². The Labute approximate surface area is 195 Å². The molecule has 1 amide bonds. The van der Waals surface area contributed by atoms with Crippen LogP contribution in [0, 0.1) is 0 Å². The van der Waals surface area contributed by atoms with Crippen LogP contribution in [0.15, 0.2) is 64.4 Å². The Kier molecular flexibility index (Phi) is 7.22. The maximum absolute atomic E-state index is 12.8. The fraction of sp³-hybridized carbons (Fsp3) is 0.190. The lowest BCUT2D eigenvalue weighted by atomic mass is 10.2. The number of carbonyl (C=O) groups excluding carboxylic acids is 1. The lowest BCUT2D eigenvalue weighted by Gasteiger charge is -2.19. The number of anilines is 1. The van der Waals surface area contributed by atoms with Crippen LogP contribution >= 0.6 is 23.2 Å². The fourth-order valence-corrected chi connectivity index (χ4v) is 4.28. The Morgan fingerprint density at radius 2 is 1.84 bits per heavy atom. The van der Waals surface area contributed by atoms with Crippen LogP contribution in [-0.2, 0) is 21.4 Å². The minimum Gasteiger partial charge on any atom is -0.339 e. The van der Waals surface area contributed by atoms with Crippen LogP contribution in [0.2, 0.25) is 10.0 Å². The zero-order valence-corrected chi connectivity index (χ0v) is 19.6. The van der Waals surface area contributed by atoms with Crippen LogP contribution in [0.3, 0.4) is 0 Å². The highest BCUT2D eigenvalue weighted by Gasteiger charge is 2.16. The standard InChI is InChI=1S/C21H20Cl2N4O4S/c1-3-26(14(2)28)13-15-5-4-6-16(11-15)25-32(30,31)18-9-7-17(8-10-18)27-21(29)20(23)19(22)12-24-27/h4-12,25H,3,13H2,1-2H3. The van der Waals surface area contributed by atoms with E-state index in [1.165, 1.54) is 37.4 Å². The Morgan fingerprint density at radius 1 is 1.16 bits per heavy atom. The number of aromatic nitrogens is 2. The van der Waals surface area contributed by atoms with Gasteiger partial charge in [-0.05, 0) is 48.9 Å². The number of carbonyl (C=O) groups is 1. The summed E-state index contributed by atoms with van der Waals surface area (Å²) in [5.74, 6) is -0.0610. The summed E-state index contributed by atoms with van der Waals surface area (Å²) in [4.78, 5) is 25.5. The molecule has 32 heavy (non-hydrogen) atoms. The first kappa shape index (κ1) is 23.8. The monoisotopic (exact) mass is 494 g/mol. The summed E-state index contributed by atoms with van der Waals surface area (Å²) in [5.41, 5.74) is 0.881. The first-order chi connectivity index (χ1) is 15.1. The van der Waals surface area contributed by atoms with Gasteiger partial charge in [0, 0.05) is 25.7 Å². The summed E-state index contributed by atoms with van der Waals surface area (Å²) in [6.07, 6.45) is 1.23. The molecule has 0 bridgehead atoms. The first-order valence-electron chi connectivity index (χ1n) is 9.53. The molecular formula is C21H20Cl2N4O4S. The van der Waals surface area contributed by atoms with E-state index >= 15 is 0 Å². The van der Waals surface area contributed by atoms with Gasteiger partial charge in [-0.3, -0.25) is 14.3 Å². The van der Waals surface area contributed by atoms with E-state index in [4.69, 9.17) is 23.2 Å². The second kappa shape index (κ2) is 9.72. The van der Waals surface area contributed by atoms with Gasteiger partial charge in [-0.15, -0.1) is 0 Å². The maximum atomic E-state index is 12.8. The zero-order chi connectivity index (χ0) is 23.5. The summed E-state index contributed by atoms with van der Waals surface area (Å²) in [7, 11) is -3.89. The molecule has 8 nitrogen and oxygen atoms in total. The number of hydrogen-bond donors (Lipinski definition) is 1. The molecule has 0 fully saturated rings. The van der Waals surface area contributed by atoms with E-state index in [1.807, 2.05) is 13.0 Å². The second-order valence-electron chi connectivity index (χ2n) is 6.86. The Morgan fingerprint density at radius 3 is 2.47 bits per heavy atom. The molecule has 0 saturated carbocycles. The topological polar surface area (TPSA) is 101 Å². The van der Waals surface area contributed by atoms with Crippen LogP contribution in [0.5, 0.6) is 0 Å². The van der Waals surface area contributed by atoms with Crippen molar-refractivity contribution < 1.29 is 13.2 Å². The van der Waals surface area contributed by atoms with Gasteiger partial charge in [0.15, 0.2) is 0 Å². The molecule has 3 rings (SSSR count). The number of hydrogen-bond acceptors (Lipinski definition) is 5. The van der Waals surface area contributed by atoms with Gasteiger partial charge in [0.05, 0.1) is 21.8 Å². The third-order valence-electron chi connectivity index (χ3n) is 4.65. The molecule has 0 aliphatic carbocycles. The predicted molar refractivity (Wildman–Crippen MR) is 124 cm³/mol. The van der Waals surface area contributed by atoms with E-state index in [-0.39, 0.29) is 20.8 Å². The Balaban J connectivity index is 1.82. The average molecular weight is 495 g/mol. The summed E-state index contributed by atoms with van der Waals surface area (Å²) < 4.78 is 29.2. The van der Waals surface area contributed by atoms with E-state index in [1.54, 1.807) is 23.1 Å². The normalized spacial score (nSPS) is 11.2. The van der Waals surface area contributed by atoms with Gasteiger partial charge in [-0.2, -0.15) is 9.78 Å². The van der Waals surface area contributed by atoms with Crippen molar-refractivity contribution in [1.29, 1.82) is 0 Å². The largest absolute Gasteiger partial charge is 0.339 e. The van der Waals surface area contributed by atoms with Crippen molar-refractivity contribution in [2.24, 2.45) is 0 Å². The molecule has 2 aromatic carbocycles. The number of sulfonamides is 1. The van der Waals surface area contributed by atoms with Gasteiger partial charge in [-0.1, -0.05) is 35.3 Å². The highest BCUT2D eigenvalue weighted by molar-refractivity contribution is 7.92. The molecule has 1 aromatic heterocycles. The molecule has 1 heterocycles. The first-order valence-corrected chi connectivity index (χ1v) is 11.8. The van der Waals surface area contributed by atoms with Crippen molar-refractivity contribution in [1.82, 2.24) is 14.7 Å². The van der Waals surface area contributed by atoms with Gasteiger partial charge in [-0.25, -0.2) is 8.42 Å². The van der Waals surface area contributed by atoms with Crippen molar-refractivity contribution in [2.45, 2.75) is 25.3 Å². The van der Waals surface area contributed by atoms with Crippen molar-refractivity contribution in [3.63, 3.8) is 0 Å². The van der Waals surface area contributed by atoms with Crippen LogP contribution in [-0.4, -0.2) is 35.6 Å². The molecule has 0 saturated heterocycles. The molecule has 0 unspecified atom stereocenters. The summed E-state index contributed by atoms with van der Waals surface area (Å²) >= 11 is 11.6. The molecule has 0 aliphatic heterocycles. The van der Waals surface area contributed by atoms with Gasteiger partial charge >= 0.3 is 0 Å². The van der Waals surface area contributed by atoms with Crippen molar-refractivity contribution >= 4 is 44.8 Å². The maximum Gasteiger partial charge on any atom is 0.291 e. The molecule has 168 valence electrons. The fourth-order valence-electron chi connectivity index (χ4n) is 2.98. The number of halogens is 2. The molecule has 0 aliphatic rings. The van der Waals surface area contributed by atoms with Crippen LogP contribution in [0.25, 0.3) is 5.69 Å². The van der Waals surface area contributed by atoms with Gasteiger partial charge in [0.1, 0.15) is 5.02 Å². The van der Waals surface area contributed by atoms with Gasteiger partial charge in [0.25, 0.3) is 15.6 Å². The molecule has 0 radical (unpaired) electrons. The molecule has 0 atom stereocenters. The lowest BCUT2D eigenvalue weighted by molar-refractivity contribution is -0.129. The SMILES string of the molecule is CCN(Cc1cccc(NS(=O)(=O)c2ccc(-n3ncc(Cl)c(Cl)c3=O)cc2)c1)C(C)=O. The van der Waals surface area contributed by atoms with Crippen molar-refractivity contribution in [3.05, 3.63) is 80.7 Å². The van der Waals surface area contributed by atoms with E-state index < -0.39 is 15.6 Å². The third kappa shape index (κ3) is 5.29. The van der Waals surface area contributed by atoms with Crippen LogP contribution in [0.1, 0.15) is 19.4 Å². The van der Waals surface area contributed by atoms with E-state index in [9.17, 15) is 18.0 Å². The Hall–Kier alpha value is -2.88. The molecule has 0 spiro atoms.